The number of carbonyl (C=O) groups excluding carboxylic acids is 3. The smallest absolute Gasteiger partial charge is 0.325 e. The number of hydrogen-bond donors (Lipinski definition) is 2. The highest BCUT2D eigenvalue weighted by atomic mass is 16.7. The number of nitrogens with zero attached hydrogens (tertiary/aromatic N) is 2. The number of fused-ring (bicyclic) bond motifs is 1. The number of ketones is 1. The summed E-state index contributed by atoms with van der Waals surface area (Å²) in [7, 11) is 0. The molecule has 0 saturated carbocycles. The van der Waals surface area contributed by atoms with E-state index in [1.54, 1.807) is 36.1 Å². The van der Waals surface area contributed by atoms with E-state index < -0.39 is 18.2 Å². The molecule has 34 heavy (non-hydrogen) atoms. The molecule has 2 aliphatic heterocycles. The van der Waals surface area contributed by atoms with Crippen molar-refractivity contribution in [3.8, 4) is 11.5 Å². The quantitative estimate of drug-likeness (QED) is 0.329. The van der Waals surface area contributed by atoms with E-state index in [-0.39, 0.29) is 43.9 Å². The lowest BCUT2D eigenvalue weighted by molar-refractivity contribution is -0.152. The molecule has 0 radical (unpaired) electrons. The molecule has 2 aromatic rings. The maximum absolute atomic E-state index is 12.7. The molecule has 1 amide bonds. The van der Waals surface area contributed by atoms with E-state index >= 15 is 0 Å². The number of furan rings is 1. The Morgan fingerprint density at radius 1 is 1.24 bits per heavy atom. The Balaban J connectivity index is 1.47. The first-order chi connectivity index (χ1) is 16.4. The molecule has 3 heterocycles. The average molecular weight is 473 g/mol. The third kappa shape index (κ3) is 5.00. The van der Waals surface area contributed by atoms with Crippen molar-refractivity contribution < 1.29 is 38.1 Å². The zero-order chi connectivity index (χ0) is 24.2. The summed E-state index contributed by atoms with van der Waals surface area (Å²) < 4.78 is 21.1. The lowest BCUT2D eigenvalue weighted by atomic mass is 10.1. The first-order valence-corrected chi connectivity index (χ1v) is 11.0. The highest BCUT2D eigenvalue weighted by Crippen LogP contribution is 2.37. The minimum atomic E-state index is -1.12. The van der Waals surface area contributed by atoms with Crippen LogP contribution in [0, 0.1) is 0 Å². The molecule has 182 valence electrons. The van der Waals surface area contributed by atoms with Crippen molar-refractivity contribution in [3.05, 3.63) is 41.9 Å². The molecule has 1 aromatic heterocycles. The molecular formula is C23H27N3O8. The molecule has 0 spiro atoms. The van der Waals surface area contributed by atoms with Crippen LogP contribution in [0.5, 0.6) is 11.5 Å². The topological polar surface area (TPSA) is 131 Å². The number of aliphatic hydroxyl groups excluding tert-OH is 1. The van der Waals surface area contributed by atoms with Gasteiger partial charge >= 0.3 is 5.97 Å². The van der Waals surface area contributed by atoms with Gasteiger partial charge in [0.25, 0.3) is 5.91 Å². The minimum absolute atomic E-state index is 0.0536. The van der Waals surface area contributed by atoms with Crippen LogP contribution in [0.4, 0.5) is 5.69 Å². The van der Waals surface area contributed by atoms with E-state index in [4.69, 9.17) is 18.6 Å². The van der Waals surface area contributed by atoms with Gasteiger partial charge in [-0.05, 0) is 32.0 Å². The Bertz CT molecular complexity index is 1050. The Kier molecular flexibility index (Phi) is 7.03. The molecule has 11 heteroatoms. The highest BCUT2D eigenvalue weighted by Gasteiger charge is 2.37. The predicted octanol–water partition coefficient (Wildman–Crippen LogP) is 1.33. The van der Waals surface area contributed by atoms with Crippen LogP contribution in [0.1, 0.15) is 34.8 Å². The SMILES string of the molecule is CCOC(=O)C1CN(C(=O)c2ccco2)CCN1CC(O)Nc1cc2c(cc1C(C)=O)OCO2. The van der Waals surface area contributed by atoms with Crippen LogP contribution in [-0.4, -0.2) is 84.4 Å². The number of hydrogen-bond acceptors (Lipinski definition) is 10. The van der Waals surface area contributed by atoms with Gasteiger partial charge in [0.2, 0.25) is 6.79 Å². The molecule has 4 rings (SSSR count). The Morgan fingerprint density at radius 3 is 2.68 bits per heavy atom. The van der Waals surface area contributed by atoms with E-state index in [1.165, 1.54) is 18.1 Å². The first-order valence-electron chi connectivity index (χ1n) is 11.0. The van der Waals surface area contributed by atoms with Gasteiger partial charge in [-0.25, -0.2) is 0 Å². The number of β-amino-alcohol motifs (C(OH)–C–C–N with tert-alkyl or cyclic N) is 1. The number of benzene rings is 1. The normalized spacial score (nSPS) is 18.4. The van der Waals surface area contributed by atoms with Gasteiger partial charge in [-0.1, -0.05) is 0 Å². The lowest BCUT2D eigenvalue weighted by Crippen LogP contribution is -2.59. The van der Waals surface area contributed by atoms with Crippen molar-refractivity contribution in [2.45, 2.75) is 26.1 Å². The first kappa shape index (κ1) is 23.6. The maximum atomic E-state index is 12.7. The van der Waals surface area contributed by atoms with E-state index in [9.17, 15) is 19.5 Å². The highest BCUT2D eigenvalue weighted by molar-refractivity contribution is 6.00. The maximum Gasteiger partial charge on any atom is 0.325 e. The molecule has 1 fully saturated rings. The van der Waals surface area contributed by atoms with Gasteiger partial charge in [0.1, 0.15) is 12.3 Å². The van der Waals surface area contributed by atoms with Crippen molar-refractivity contribution >= 4 is 23.3 Å². The average Bonchev–Trinajstić information content (AvgIpc) is 3.50. The van der Waals surface area contributed by atoms with Crippen molar-refractivity contribution in [1.29, 1.82) is 0 Å². The molecule has 0 bridgehead atoms. The monoisotopic (exact) mass is 473 g/mol. The summed E-state index contributed by atoms with van der Waals surface area (Å²) in [6.45, 7) is 4.18. The Labute approximate surface area is 196 Å². The van der Waals surface area contributed by atoms with E-state index in [0.717, 1.165) is 0 Å². The summed E-state index contributed by atoms with van der Waals surface area (Å²) in [4.78, 5) is 40.8. The van der Waals surface area contributed by atoms with E-state index in [1.807, 2.05) is 0 Å². The zero-order valence-electron chi connectivity index (χ0n) is 19.0. The van der Waals surface area contributed by atoms with E-state index in [2.05, 4.69) is 5.32 Å². The predicted molar refractivity (Wildman–Crippen MR) is 119 cm³/mol. The number of Topliss-reactive ketones (excluding diaryl/α,β-unsaturated/α-hetero) is 1. The zero-order valence-corrected chi connectivity index (χ0v) is 19.0. The third-order valence-corrected chi connectivity index (χ3v) is 5.69. The van der Waals surface area contributed by atoms with Gasteiger partial charge in [-0.15, -0.1) is 0 Å². The van der Waals surface area contributed by atoms with Crippen LogP contribution in [0.3, 0.4) is 0 Å². The van der Waals surface area contributed by atoms with Crippen LogP contribution in [-0.2, 0) is 9.53 Å². The second-order valence-corrected chi connectivity index (χ2v) is 7.96. The number of anilines is 1. The summed E-state index contributed by atoms with van der Waals surface area (Å²) in [5.41, 5.74) is 0.739. The number of piperazine rings is 1. The van der Waals surface area contributed by atoms with Crippen LogP contribution in [0.2, 0.25) is 0 Å². The standard InChI is InChI=1S/C23H27N3O8/c1-3-31-23(30)17-11-26(22(29)18-5-4-8-32-18)7-6-25(17)12-21(28)24-16-10-20-19(33-13-34-20)9-15(16)14(2)27/h4-5,8-10,17,21,24,28H,3,6-7,11-13H2,1-2H3. The van der Waals surface area contributed by atoms with Gasteiger partial charge in [0.15, 0.2) is 23.0 Å². The second kappa shape index (κ2) is 10.1. The molecule has 2 unspecified atom stereocenters. The fourth-order valence-electron chi connectivity index (χ4n) is 4.04. The van der Waals surface area contributed by atoms with Crippen molar-refractivity contribution in [2.75, 3.05) is 44.9 Å². The largest absolute Gasteiger partial charge is 0.465 e. The fourth-order valence-corrected chi connectivity index (χ4v) is 4.04. The second-order valence-electron chi connectivity index (χ2n) is 7.96. The van der Waals surface area contributed by atoms with Crippen LogP contribution < -0.4 is 14.8 Å². The van der Waals surface area contributed by atoms with Gasteiger partial charge in [0, 0.05) is 37.8 Å². The van der Waals surface area contributed by atoms with Crippen molar-refractivity contribution in [2.24, 2.45) is 0 Å². The fraction of sp³-hybridized carbons (Fsp3) is 0.435. The summed E-state index contributed by atoms with van der Waals surface area (Å²) in [5, 5.41) is 13.7. The number of rotatable bonds is 8. The number of carbonyl (C=O) groups is 3. The van der Waals surface area contributed by atoms with Crippen molar-refractivity contribution in [3.63, 3.8) is 0 Å². The molecule has 2 atom stereocenters. The number of esters is 1. The lowest BCUT2D eigenvalue weighted by Gasteiger charge is -2.40. The summed E-state index contributed by atoms with van der Waals surface area (Å²) in [6.07, 6.45) is 0.294. The molecule has 11 nitrogen and oxygen atoms in total. The van der Waals surface area contributed by atoms with Gasteiger partial charge in [-0.3, -0.25) is 19.3 Å². The summed E-state index contributed by atoms with van der Waals surface area (Å²) in [6, 6.07) is 5.60. The molecule has 1 aromatic carbocycles. The van der Waals surface area contributed by atoms with Gasteiger partial charge in [0.05, 0.1) is 18.6 Å². The molecule has 0 aliphatic carbocycles. The molecule has 2 N–H and O–H groups in total. The van der Waals surface area contributed by atoms with Crippen LogP contribution >= 0.6 is 0 Å². The molecular weight excluding hydrogens is 446 g/mol. The number of amides is 1. The van der Waals surface area contributed by atoms with Crippen molar-refractivity contribution in [1.82, 2.24) is 9.80 Å². The third-order valence-electron chi connectivity index (χ3n) is 5.69. The summed E-state index contributed by atoms with van der Waals surface area (Å²) >= 11 is 0. The Hall–Kier alpha value is -3.57. The molecule has 2 aliphatic rings. The minimum Gasteiger partial charge on any atom is -0.465 e. The van der Waals surface area contributed by atoms with E-state index in [0.29, 0.717) is 35.8 Å². The summed E-state index contributed by atoms with van der Waals surface area (Å²) in [5.74, 6) is 0.113. The number of ether oxygens (including phenoxy) is 3. The number of nitrogens with one attached hydrogen (secondary N) is 1. The van der Waals surface area contributed by atoms with Crippen LogP contribution in [0.15, 0.2) is 34.9 Å². The van der Waals surface area contributed by atoms with Gasteiger partial charge in [-0.2, -0.15) is 0 Å². The number of aliphatic hydroxyl groups is 1. The Morgan fingerprint density at radius 2 is 2.00 bits per heavy atom. The van der Waals surface area contributed by atoms with Gasteiger partial charge < -0.3 is 34.0 Å². The molecule has 1 saturated heterocycles. The van der Waals surface area contributed by atoms with Crippen LogP contribution in [0.25, 0.3) is 0 Å².